The number of ether oxygens (including phenoxy) is 1. The van der Waals surface area contributed by atoms with E-state index in [1.165, 1.54) is 12.1 Å². The van der Waals surface area contributed by atoms with E-state index in [4.69, 9.17) is 22.2 Å². The van der Waals surface area contributed by atoms with E-state index < -0.39 is 10.9 Å². The molecule has 3 aromatic carbocycles. The molecule has 2 N–H and O–H groups in total. The lowest BCUT2D eigenvalue weighted by atomic mass is 10.0. The first-order valence-electron chi connectivity index (χ1n) is 8.09. The summed E-state index contributed by atoms with van der Waals surface area (Å²) in [6.07, 6.45) is 0. The van der Waals surface area contributed by atoms with Crippen LogP contribution in [0.4, 0.5) is 5.69 Å². The molecule has 3 aromatic rings. The monoisotopic (exact) mass is 395 g/mol. The van der Waals surface area contributed by atoms with Crippen LogP contribution in [0.2, 0.25) is 5.02 Å². The van der Waals surface area contributed by atoms with E-state index in [1.54, 1.807) is 60.7 Å². The van der Waals surface area contributed by atoms with Crippen molar-refractivity contribution < 1.29 is 14.5 Å². The van der Waals surface area contributed by atoms with Gasteiger partial charge in [0.05, 0.1) is 21.2 Å². The number of non-ortho nitro benzene ring substituents is 1. The quantitative estimate of drug-likeness (QED) is 0.174. The highest BCUT2D eigenvalue weighted by Gasteiger charge is 2.14. The molecule has 0 aromatic heterocycles. The molecule has 0 radical (unpaired) electrons. The van der Waals surface area contributed by atoms with Gasteiger partial charge in [-0.15, -0.1) is 0 Å². The Bertz CT molecular complexity index is 1050. The Morgan fingerprint density at radius 2 is 1.54 bits per heavy atom. The van der Waals surface area contributed by atoms with Crippen molar-refractivity contribution in [3.63, 3.8) is 0 Å². The van der Waals surface area contributed by atoms with Gasteiger partial charge in [0.1, 0.15) is 5.75 Å². The lowest BCUT2D eigenvalue weighted by molar-refractivity contribution is -0.384. The Hall–Kier alpha value is -3.71. The van der Waals surface area contributed by atoms with Crippen molar-refractivity contribution in [1.29, 1.82) is 0 Å². The third-order valence-electron chi connectivity index (χ3n) is 3.91. The van der Waals surface area contributed by atoms with Crippen molar-refractivity contribution in [2.75, 3.05) is 0 Å². The van der Waals surface area contributed by atoms with E-state index in [1.807, 2.05) is 0 Å². The smallest absolute Gasteiger partial charge is 0.345 e. The van der Waals surface area contributed by atoms with Crippen LogP contribution in [0.25, 0.3) is 0 Å². The van der Waals surface area contributed by atoms with Crippen molar-refractivity contribution >= 4 is 29.0 Å². The molecule has 0 aliphatic rings. The van der Waals surface area contributed by atoms with Crippen LogP contribution in [0.3, 0.4) is 0 Å². The zero-order chi connectivity index (χ0) is 20.1. The number of hydrazone groups is 1. The number of nitrogens with zero attached hydrogens (tertiary/aromatic N) is 2. The standard InChI is InChI=1S/C20H14ClN3O4/c21-18-4-2-1-3-17(18)20(25)28-16-11-7-14(8-12-16)19(23-22)13-5-9-15(10-6-13)24(26)27/h1-12H,22H2/b23-19-. The normalized spacial score (nSPS) is 11.1. The molecule has 0 unspecified atom stereocenters. The second-order valence-electron chi connectivity index (χ2n) is 5.68. The van der Waals surface area contributed by atoms with Crippen LogP contribution in [-0.2, 0) is 0 Å². The van der Waals surface area contributed by atoms with Crippen LogP contribution in [0.1, 0.15) is 21.5 Å². The lowest BCUT2D eigenvalue weighted by Gasteiger charge is -2.08. The highest BCUT2D eigenvalue weighted by Crippen LogP contribution is 2.21. The molecule has 7 nitrogen and oxygen atoms in total. The molecule has 0 bridgehead atoms. The summed E-state index contributed by atoms with van der Waals surface area (Å²) in [4.78, 5) is 22.5. The maximum Gasteiger partial charge on any atom is 0.345 e. The van der Waals surface area contributed by atoms with E-state index in [2.05, 4.69) is 5.10 Å². The van der Waals surface area contributed by atoms with Gasteiger partial charge in [-0.05, 0) is 48.5 Å². The molecule has 0 saturated carbocycles. The first kappa shape index (κ1) is 19.1. The van der Waals surface area contributed by atoms with Crippen LogP contribution in [-0.4, -0.2) is 16.6 Å². The lowest BCUT2D eigenvalue weighted by Crippen LogP contribution is -2.10. The molecule has 0 fully saturated rings. The maximum absolute atomic E-state index is 12.2. The zero-order valence-corrected chi connectivity index (χ0v) is 15.2. The highest BCUT2D eigenvalue weighted by atomic mass is 35.5. The van der Waals surface area contributed by atoms with Gasteiger partial charge in [0.15, 0.2) is 0 Å². The number of hydrogen-bond donors (Lipinski definition) is 1. The van der Waals surface area contributed by atoms with Gasteiger partial charge in [0.25, 0.3) is 5.69 Å². The fourth-order valence-electron chi connectivity index (χ4n) is 2.53. The third-order valence-corrected chi connectivity index (χ3v) is 4.24. The fourth-order valence-corrected chi connectivity index (χ4v) is 2.74. The Morgan fingerprint density at radius 3 is 2.07 bits per heavy atom. The molecule has 0 spiro atoms. The molecule has 140 valence electrons. The average molecular weight is 396 g/mol. The number of esters is 1. The minimum atomic E-state index is -0.568. The van der Waals surface area contributed by atoms with Crippen LogP contribution >= 0.6 is 11.6 Å². The molecule has 0 aliphatic carbocycles. The fraction of sp³-hybridized carbons (Fsp3) is 0. The second-order valence-corrected chi connectivity index (χ2v) is 6.08. The number of halogens is 1. The van der Waals surface area contributed by atoms with Gasteiger partial charge in [-0.2, -0.15) is 5.10 Å². The number of nitro groups is 1. The first-order valence-corrected chi connectivity index (χ1v) is 8.47. The van der Waals surface area contributed by atoms with Gasteiger partial charge < -0.3 is 10.6 Å². The van der Waals surface area contributed by atoms with Crippen molar-refractivity contribution in [3.8, 4) is 5.75 Å². The number of benzene rings is 3. The van der Waals surface area contributed by atoms with E-state index in [0.29, 0.717) is 27.6 Å². The molecule has 8 heteroatoms. The molecule has 0 amide bonds. The van der Waals surface area contributed by atoms with Crippen molar-refractivity contribution in [1.82, 2.24) is 0 Å². The number of nitrogens with two attached hydrogens (primary N) is 1. The minimum Gasteiger partial charge on any atom is -0.423 e. The summed E-state index contributed by atoms with van der Waals surface area (Å²) < 4.78 is 5.33. The number of nitro benzene ring substituents is 1. The molecule has 0 saturated heterocycles. The number of carbonyl (C=O) groups excluding carboxylic acids is 1. The van der Waals surface area contributed by atoms with E-state index in [0.717, 1.165) is 0 Å². The number of carbonyl (C=O) groups is 1. The molecular weight excluding hydrogens is 382 g/mol. The van der Waals surface area contributed by atoms with E-state index in [-0.39, 0.29) is 11.3 Å². The zero-order valence-electron chi connectivity index (χ0n) is 14.4. The van der Waals surface area contributed by atoms with Crippen LogP contribution in [0.5, 0.6) is 5.75 Å². The Morgan fingerprint density at radius 1 is 0.964 bits per heavy atom. The predicted octanol–water partition coefficient (Wildman–Crippen LogP) is 4.18. The molecular formula is C20H14ClN3O4. The Balaban J connectivity index is 1.78. The van der Waals surface area contributed by atoms with Gasteiger partial charge in [-0.1, -0.05) is 23.7 Å². The number of rotatable bonds is 5. The Kier molecular flexibility index (Phi) is 5.67. The van der Waals surface area contributed by atoms with E-state index in [9.17, 15) is 14.9 Å². The van der Waals surface area contributed by atoms with Gasteiger partial charge in [0.2, 0.25) is 0 Å². The van der Waals surface area contributed by atoms with Crippen molar-refractivity contribution in [2.45, 2.75) is 0 Å². The van der Waals surface area contributed by atoms with Gasteiger partial charge in [-0.3, -0.25) is 10.1 Å². The largest absolute Gasteiger partial charge is 0.423 e. The maximum atomic E-state index is 12.2. The summed E-state index contributed by atoms with van der Waals surface area (Å²) in [6, 6.07) is 19.0. The number of hydrogen-bond acceptors (Lipinski definition) is 6. The summed E-state index contributed by atoms with van der Waals surface area (Å²) in [5, 5.41) is 14.9. The second kappa shape index (κ2) is 8.32. The topological polar surface area (TPSA) is 108 Å². The SMILES string of the molecule is N/N=C(\c1ccc(OC(=O)c2ccccc2Cl)cc1)c1ccc([N+](=O)[O-])cc1. The highest BCUT2D eigenvalue weighted by molar-refractivity contribution is 6.33. The van der Waals surface area contributed by atoms with Crippen molar-refractivity contribution in [3.05, 3.63) is 105 Å². The molecule has 0 heterocycles. The van der Waals surface area contributed by atoms with Crippen LogP contribution in [0.15, 0.2) is 77.9 Å². The van der Waals surface area contributed by atoms with Gasteiger partial charge in [-0.25, -0.2) is 4.79 Å². The average Bonchev–Trinajstić information content (AvgIpc) is 2.70. The summed E-state index contributed by atoms with van der Waals surface area (Å²) in [6.45, 7) is 0. The molecule has 0 atom stereocenters. The molecule has 28 heavy (non-hydrogen) atoms. The van der Waals surface area contributed by atoms with Gasteiger partial charge >= 0.3 is 5.97 Å². The van der Waals surface area contributed by atoms with E-state index >= 15 is 0 Å². The van der Waals surface area contributed by atoms with Crippen molar-refractivity contribution in [2.24, 2.45) is 10.9 Å². The van der Waals surface area contributed by atoms with Crippen LogP contribution < -0.4 is 10.6 Å². The summed E-state index contributed by atoms with van der Waals surface area (Å²) in [5.41, 5.74) is 1.96. The molecule has 0 aliphatic heterocycles. The first-order chi connectivity index (χ1) is 13.5. The third kappa shape index (κ3) is 4.16. The summed E-state index contributed by atoms with van der Waals surface area (Å²) >= 11 is 6.00. The summed E-state index contributed by atoms with van der Waals surface area (Å²) in [7, 11) is 0. The summed E-state index contributed by atoms with van der Waals surface area (Å²) in [5.74, 6) is 5.26. The minimum absolute atomic E-state index is 0.0260. The Labute approximate surface area is 165 Å². The van der Waals surface area contributed by atoms with Gasteiger partial charge in [0, 0.05) is 23.3 Å². The predicted molar refractivity (Wildman–Crippen MR) is 106 cm³/mol. The molecule has 3 rings (SSSR count). The van der Waals surface area contributed by atoms with Crippen LogP contribution in [0, 0.1) is 10.1 Å².